The van der Waals surface area contributed by atoms with Crippen LogP contribution < -0.4 is 9.46 Å². The van der Waals surface area contributed by atoms with Gasteiger partial charge in [0.05, 0.1) is 5.56 Å². The Morgan fingerprint density at radius 1 is 1.25 bits per heavy atom. The van der Waals surface area contributed by atoms with Crippen LogP contribution in [0.4, 0.5) is 13.2 Å². The maximum Gasteiger partial charge on any atom is 0.416 e. The molecule has 1 aromatic rings. The second-order valence-electron chi connectivity index (χ2n) is 2.97. The summed E-state index contributed by atoms with van der Waals surface area (Å²) in [5, 5.41) is 0. The molecule has 0 bridgehead atoms. The van der Waals surface area contributed by atoms with E-state index in [2.05, 4.69) is 4.72 Å². The summed E-state index contributed by atoms with van der Waals surface area (Å²) in [6.45, 7) is 1.06. The molecule has 1 rings (SSSR count). The zero-order valence-corrected chi connectivity index (χ0v) is 9.49. The largest absolute Gasteiger partial charge is 0.492 e. The molecule has 6 heteroatoms. The van der Waals surface area contributed by atoms with Crippen LogP contribution in [0.1, 0.15) is 5.56 Å². The van der Waals surface area contributed by atoms with Crippen LogP contribution in [0.25, 0.3) is 0 Å². The van der Waals surface area contributed by atoms with Crippen LogP contribution in [-0.4, -0.2) is 19.4 Å². The Balaban J connectivity index is 2.46. The third-order valence-corrected chi connectivity index (χ3v) is 2.29. The van der Waals surface area contributed by atoms with Crippen LogP contribution in [0.2, 0.25) is 0 Å². The Labute approximate surface area is 96.3 Å². The summed E-state index contributed by atoms with van der Waals surface area (Å²) in [6.07, 6.45) is -2.41. The smallest absolute Gasteiger partial charge is 0.416 e. The van der Waals surface area contributed by atoms with Crippen LogP contribution >= 0.6 is 11.9 Å². The summed E-state index contributed by atoms with van der Waals surface area (Å²) in [5.41, 5.74) is -0.665. The second-order valence-corrected chi connectivity index (χ2v) is 3.67. The molecule has 0 unspecified atom stereocenters. The first-order valence-corrected chi connectivity index (χ1v) is 5.82. The first kappa shape index (κ1) is 13.2. The summed E-state index contributed by atoms with van der Waals surface area (Å²) in [7, 11) is 0. The van der Waals surface area contributed by atoms with E-state index in [1.165, 1.54) is 24.1 Å². The second kappa shape index (κ2) is 6.00. The summed E-state index contributed by atoms with van der Waals surface area (Å²) in [5.74, 6) is 0.441. The average Bonchev–Trinajstić information content (AvgIpc) is 2.24. The third kappa shape index (κ3) is 4.32. The molecule has 0 spiro atoms. The minimum absolute atomic E-state index is 0.423. The highest BCUT2D eigenvalue weighted by atomic mass is 32.2. The van der Waals surface area contributed by atoms with Gasteiger partial charge in [0.15, 0.2) is 0 Å². The van der Waals surface area contributed by atoms with Gasteiger partial charge in [-0.25, -0.2) is 0 Å². The number of alkyl halides is 3. The fourth-order valence-electron chi connectivity index (χ4n) is 1.05. The summed E-state index contributed by atoms with van der Waals surface area (Å²) >= 11 is 1.46. The Bertz CT molecular complexity index is 313. The monoisotopic (exact) mass is 251 g/mol. The fraction of sp³-hybridized carbons (Fsp3) is 0.400. The van der Waals surface area contributed by atoms with E-state index in [0.29, 0.717) is 18.9 Å². The molecule has 0 fully saturated rings. The lowest BCUT2D eigenvalue weighted by Gasteiger charge is -2.09. The quantitative estimate of drug-likeness (QED) is 0.642. The minimum Gasteiger partial charge on any atom is -0.492 e. The Morgan fingerprint density at radius 3 is 2.38 bits per heavy atom. The van der Waals surface area contributed by atoms with E-state index >= 15 is 0 Å². The number of benzene rings is 1. The highest BCUT2D eigenvalue weighted by molar-refractivity contribution is 7.96. The third-order valence-electron chi connectivity index (χ3n) is 1.80. The molecular weight excluding hydrogens is 239 g/mol. The van der Waals surface area contributed by atoms with E-state index in [4.69, 9.17) is 4.74 Å². The Kier molecular flexibility index (Phi) is 4.95. The molecule has 0 aliphatic heterocycles. The first-order chi connectivity index (χ1) is 7.54. The predicted molar refractivity (Wildman–Crippen MR) is 58.5 cm³/mol. The van der Waals surface area contributed by atoms with Crippen LogP contribution in [0.15, 0.2) is 24.3 Å². The average molecular weight is 251 g/mol. The van der Waals surface area contributed by atoms with Crippen LogP contribution in [-0.2, 0) is 6.18 Å². The van der Waals surface area contributed by atoms with Crippen molar-refractivity contribution in [1.82, 2.24) is 4.72 Å². The highest BCUT2D eigenvalue weighted by Crippen LogP contribution is 2.30. The molecule has 0 saturated heterocycles. The molecule has 2 nitrogen and oxygen atoms in total. The molecule has 90 valence electrons. The van der Waals surface area contributed by atoms with Gasteiger partial charge in [-0.2, -0.15) is 13.2 Å². The lowest BCUT2D eigenvalue weighted by molar-refractivity contribution is -0.137. The molecule has 0 atom stereocenters. The van der Waals surface area contributed by atoms with Gasteiger partial charge < -0.3 is 4.74 Å². The molecule has 0 aromatic heterocycles. The standard InChI is InChI=1S/C10H12F3NOS/c1-16-14-6-7-15-9-4-2-8(3-5-9)10(11,12)13/h2-5,14H,6-7H2,1H3. The van der Waals surface area contributed by atoms with Crippen LogP contribution in [0, 0.1) is 0 Å². The molecular formula is C10H12F3NOS. The van der Waals surface area contributed by atoms with Gasteiger partial charge in [0.2, 0.25) is 0 Å². The lowest BCUT2D eigenvalue weighted by atomic mass is 10.2. The van der Waals surface area contributed by atoms with E-state index in [9.17, 15) is 13.2 Å². The normalized spacial score (nSPS) is 11.5. The maximum absolute atomic E-state index is 12.2. The number of halogens is 3. The predicted octanol–water partition coefficient (Wildman–Crippen LogP) is 2.95. The zero-order chi connectivity index (χ0) is 12.0. The van der Waals surface area contributed by atoms with Gasteiger partial charge in [-0.15, -0.1) is 0 Å². The van der Waals surface area contributed by atoms with Crippen molar-refractivity contribution in [1.29, 1.82) is 0 Å². The van der Waals surface area contributed by atoms with E-state index in [1.54, 1.807) is 0 Å². The molecule has 1 N–H and O–H groups in total. The van der Waals surface area contributed by atoms with Gasteiger partial charge in [-0.05, 0) is 30.5 Å². The molecule has 0 radical (unpaired) electrons. The summed E-state index contributed by atoms with van der Waals surface area (Å²) < 4.78 is 44.9. The van der Waals surface area contributed by atoms with Gasteiger partial charge in [-0.1, -0.05) is 11.9 Å². The molecule has 0 aliphatic carbocycles. The minimum atomic E-state index is -4.29. The molecule has 16 heavy (non-hydrogen) atoms. The maximum atomic E-state index is 12.2. The zero-order valence-electron chi connectivity index (χ0n) is 8.67. The van der Waals surface area contributed by atoms with Crippen molar-refractivity contribution >= 4 is 11.9 Å². The number of hydrogen-bond donors (Lipinski definition) is 1. The van der Waals surface area contributed by atoms with Crippen molar-refractivity contribution in [3.05, 3.63) is 29.8 Å². The van der Waals surface area contributed by atoms with Crippen molar-refractivity contribution < 1.29 is 17.9 Å². The van der Waals surface area contributed by atoms with E-state index in [0.717, 1.165) is 12.1 Å². The number of rotatable bonds is 5. The van der Waals surface area contributed by atoms with Crippen molar-refractivity contribution in [2.45, 2.75) is 6.18 Å². The fourth-order valence-corrected chi connectivity index (χ4v) is 1.34. The molecule has 0 saturated carbocycles. The van der Waals surface area contributed by atoms with Gasteiger partial charge in [0.1, 0.15) is 12.4 Å². The summed E-state index contributed by atoms with van der Waals surface area (Å²) in [6, 6.07) is 4.67. The SMILES string of the molecule is CSNCCOc1ccc(C(F)(F)F)cc1. The van der Waals surface area contributed by atoms with Crippen LogP contribution in [0.5, 0.6) is 5.75 Å². The molecule has 0 amide bonds. The van der Waals surface area contributed by atoms with Crippen molar-refractivity contribution in [2.24, 2.45) is 0 Å². The van der Waals surface area contributed by atoms with Crippen molar-refractivity contribution in [3.8, 4) is 5.75 Å². The molecule has 1 aromatic carbocycles. The van der Waals surface area contributed by atoms with Gasteiger partial charge in [-0.3, -0.25) is 4.72 Å². The van der Waals surface area contributed by atoms with Crippen LogP contribution in [0.3, 0.4) is 0 Å². The number of hydrogen-bond acceptors (Lipinski definition) is 3. The highest BCUT2D eigenvalue weighted by Gasteiger charge is 2.29. The van der Waals surface area contributed by atoms with Gasteiger partial charge >= 0.3 is 6.18 Å². The number of ether oxygens (including phenoxy) is 1. The van der Waals surface area contributed by atoms with E-state index in [1.807, 2.05) is 6.26 Å². The van der Waals surface area contributed by atoms with Crippen molar-refractivity contribution in [3.63, 3.8) is 0 Å². The Hall–Kier alpha value is -0.880. The molecule has 0 heterocycles. The number of nitrogens with one attached hydrogen (secondary N) is 1. The van der Waals surface area contributed by atoms with Gasteiger partial charge in [0.25, 0.3) is 0 Å². The summed E-state index contributed by atoms with van der Waals surface area (Å²) in [4.78, 5) is 0. The van der Waals surface area contributed by atoms with E-state index in [-0.39, 0.29) is 0 Å². The molecule has 0 aliphatic rings. The topological polar surface area (TPSA) is 21.3 Å². The Morgan fingerprint density at radius 2 is 1.88 bits per heavy atom. The van der Waals surface area contributed by atoms with E-state index < -0.39 is 11.7 Å². The van der Waals surface area contributed by atoms with Crippen molar-refractivity contribution in [2.75, 3.05) is 19.4 Å². The lowest BCUT2D eigenvalue weighted by Crippen LogP contribution is -2.14. The van der Waals surface area contributed by atoms with Gasteiger partial charge in [0, 0.05) is 6.54 Å². The first-order valence-electron chi connectivity index (χ1n) is 4.60.